The van der Waals surface area contributed by atoms with E-state index in [1.807, 2.05) is 0 Å². The van der Waals surface area contributed by atoms with Gasteiger partial charge in [0.25, 0.3) is 0 Å². The normalized spacial score (nSPS) is 13.8. The number of carboxylic acids is 2. The third-order valence-electron chi connectivity index (χ3n) is 5.46. The molecule has 1 aromatic carbocycles. The second kappa shape index (κ2) is 17.0. The number of carbonyl (C=O) groups excluding carboxylic acids is 4. The van der Waals surface area contributed by atoms with Crippen molar-refractivity contribution in [2.75, 3.05) is 12.0 Å². The molecule has 0 fully saturated rings. The van der Waals surface area contributed by atoms with Crippen molar-refractivity contribution in [3.63, 3.8) is 0 Å². The van der Waals surface area contributed by atoms with Gasteiger partial charge in [0.1, 0.15) is 18.1 Å². The Bertz CT molecular complexity index is 978. The van der Waals surface area contributed by atoms with Crippen LogP contribution in [0.5, 0.6) is 0 Å². The molecule has 4 amide bonds. The SMILES string of the molecule is CSCCC(NC(=O)C(N)CCC(=O)O)C(=O)NC(Cc1ccccc1)C(=O)NC(CCC(N)=O)C(=O)O. The molecule has 38 heavy (non-hydrogen) atoms. The monoisotopic (exact) mass is 553 g/mol. The Morgan fingerprint density at radius 2 is 1.39 bits per heavy atom. The molecule has 0 radical (unpaired) electrons. The fraction of sp³-hybridized carbons (Fsp3) is 0.500. The molecule has 1 rings (SSSR count). The van der Waals surface area contributed by atoms with Crippen LogP contribution in [0.15, 0.2) is 30.3 Å². The first-order valence-electron chi connectivity index (χ1n) is 11.9. The lowest BCUT2D eigenvalue weighted by Crippen LogP contribution is -2.57. The van der Waals surface area contributed by atoms with E-state index in [4.69, 9.17) is 16.6 Å². The Morgan fingerprint density at radius 3 is 1.95 bits per heavy atom. The fourth-order valence-electron chi connectivity index (χ4n) is 3.34. The second-order valence-corrected chi connectivity index (χ2v) is 9.52. The molecule has 0 aliphatic carbocycles. The van der Waals surface area contributed by atoms with E-state index >= 15 is 0 Å². The largest absolute Gasteiger partial charge is 0.481 e. The van der Waals surface area contributed by atoms with Crippen molar-refractivity contribution in [1.29, 1.82) is 0 Å². The van der Waals surface area contributed by atoms with Crippen LogP contribution in [0, 0.1) is 0 Å². The van der Waals surface area contributed by atoms with E-state index < -0.39 is 59.7 Å². The maximum Gasteiger partial charge on any atom is 0.326 e. The molecule has 14 heteroatoms. The molecule has 0 aliphatic heterocycles. The third-order valence-corrected chi connectivity index (χ3v) is 6.10. The predicted molar refractivity (Wildman–Crippen MR) is 140 cm³/mol. The maximum absolute atomic E-state index is 13.2. The smallest absolute Gasteiger partial charge is 0.326 e. The lowest BCUT2D eigenvalue weighted by molar-refractivity contribution is -0.142. The minimum atomic E-state index is -1.41. The molecule has 0 heterocycles. The van der Waals surface area contributed by atoms with E-state index in [-0.39, 0.29) is 38.5 Å². The van der Waals surface area contributed by atoms with Crippen LogP contribution in [0.2, 0.25) is 0 Å². The molecule has 0 aromatic heterocycles. The van der Waals surface area contributed by atoms with Crippen LogP contribution in [0.1, 0.15) is 37.7 Å². The van der Waals surface area contributed by atoms with Crippen molar-refractivity contribution >= 4 is 47.3 Å². The van der Waals surface area contributed by atoms with Crippen LogP contribution in [0.4, 0.5) is 0 Å². The molecular weight excluding hydrogens is 518 g/mol. The molecule has 0 saturated carbocycles. The van der Waals surface area contributed by atoms with Crippen LogP contribution >= 0.6 is 11.8 Å². The minimum Gasteiger partial charge on any atom is -0.481 e. The number of nitrogens with one attached hydrogen (secondary N) is 3. The summed E-state index contributed by atoms with van der Waals surface area (Å²) in [5.41, 5.74) is 11.5. The van der Waals surface area contributed by atoms with Gasteiger partial charge in [-0.25, -0.2) is 4.79 Å². The van der Waals surface area contributed by atoms with Gasteiger partial charge in [-0.1, -0.05) is 30.3 Å². The van der Waals surface area contributed by atoms with Crippen LogP contribution in [-0.4, -0.2) is 82.0 Å². The Kier molecular flexibility index (Phi) is 14.5. The molecular formula is C24H35N5O8S. The predicted octanol–water partition coefficient (Wildman–Crippen LogP) is -1.02. The van der Waals surface area contributed by atoms with E-state index in [9.17, 15) is 33.9 Å². The third kappa shape index (κ3) is 12.5. The highest BCUT2D eigenvalue weighted by Gasteiger charge is 2.30. The van der Waals surface area contributed by atoms with Gasteiger partial charge in [-0.2, -0.15) is 11.8 Å². The zero-order chi connectivity index (χ0) is 28.7. The van der Waals surface area contributed by atoms with Gasteiger partial charge in [-0.3, -0.25) is 24.0 Å². The Labute approximate surface area is 224 Å². The van der Waals surface area contributed by atoms with E-state index in [2.05, 4.69) is 16.0 Å². The van der Waals surface area contributed by atoms with Gasteiger partial charge in [0.2, 0.25) is 23.6 Å². The number of hydrogen-bond donors (Lipinski definition) is 7. The lowest BCUT2D eigenvalue weighted by atomic mass is 10.0. The van der Waals surface area contributed by atoms with Crippen LogP contribution in [0.3, 0.4) is 0 Å². The van der Waals surface area contributed by atoms with E-state index in [1.165, 1.54) is 11.8 Å². The van der Waals surface area contributed by atoms with Crippen molar-refractivity contribution in [2.45, 2.75) is 62.7 Å². The van der Waals surface area contributed by atoms with Gasteiger partial charge in [0.15, 0.2) is 0 Å². The zero-order valence-electron chi connectivity index (χ0n) is 21.1. The molecule has 210 valence electrons. The molecule has 0 bridgehead atoms. The number of carbonyl (C=O) groups is 6. The quantitative estimate of drug-likeness (QED) is 0.117. The first kappa shape index (κ1) is 32.4. The first-order valence-corrected chi connectivity index (χ1v) is 13.3. The number of nitrogens with two attached hydrogens (primary N) is 2. The Morgan fingerprint density at radius 1 is 0.816 bits per heavy atom. The number of rotatable bonds is 18. The average Bonchev–Trinajstić information content (AvgIpc) is 2.86. The second-order valence-electron chi connectivity index (χ2n) is 8.54. The molecule has 4 atom stereocenters. The summed E-state index contributed by atoms with van der Waals surface area (Å²) in [6, 6.07) is 3.83. The summed E-state index contributed by atoms with van der Waals surface area (Å²) in [6.45, 7) is 0. The van der Waals surface area contributed by atoms with Crippen LogP contribution < -0.4 is 27.4 Å². The van der Waals surface area contributed by atoms with Crippen molar-refractivity contribution < 1.29 is 39.0 Å². The van der Waals surface area contributed by atoms with Crippen molar-refractivity contribution in [3.8, 4) is 0 Å². The number of amides is 4. The molecule has 13 nitrogen and oxygen atoms in total. The molecule has 0 spiro atoms. The lowest BCUT2D eigenvalue weighted by Gasteiger charge is -2.25. The number of primary amides is 1. The van der Waals surface area contributed by atoms with E-state index in [0.717, 1.165) is 0 Å². The number of aliphatic carboxylic acids is 2. The summed E-state index contributed by atoms with van der Waals surface area (Å²) in [4.78, 5) is 72.2. The highest BCUT2D eigenvalue weighted by molar-refractivity contribution is 7.98. The minimum absolute atomic E-state index is 0.0158. The van der Waals surface area contributed by atoms with Gasteiger partial charge in [0.05, 0.1) is 6.04 Å². The molecule has 0 saturated heterocycles. The van der Waals surface area contributed by atoms with Gasteiger partial charge in [-0.15, -0.1) is 0 Å². The topological polar surface area (TPSA) is 231 Å². The Hall–Kier alpha value is -3.65. The van der Waals surface area contributed by atoms with Crippen LogP contribution in [-0.2, 0) is 35.2 Å². The standard InChI is InChI=1S/C24H35N5O8S/c1-38-12-11-16(27-21(33)15(25)7-10-20(31)32)22(34)29-18(13-14-5-3-2-4-6-14)23(35)28-17(24(36)37)8-9-19(26)30/h2-6,15-18H,7-13,25H2,1H3,(H2,26,30)(H,27,33)(H,28,35)(H,29,34)(H,31,32)(H,36,37). The molecule has 1 aromatic rings. The van der Waals surface area contributed by atoms with Crippen LogP contribution in [0.25, 0.3) is 0 Å². The summed E-state index contributed by atoms with van der Waals surface area (Å²) in [5.74, 6) is -4.94. The summed E-state index contributed by atoms with van der Waals surface area (Å²) in [5, 5.41) is 25.7. The van der Waals surface area contributed by atoms with Gasteiger partial charge < -0.3 is 37.6 Å². The number of benzene rings is 1. The molecule has 9 N–H and O–H groups in total. The number of carboxylic acid groups (broad SMARTS) is 2. The molecule has 4 unspecified atom stereocenters. The number of hydrogen-bond acceptors (Lipinski definition) is 8. The maximum atomic E-state index is 13.2. The van der Waals surface area contributed by atoms with Crippen molar-refractivity contribution in [1.82, 2.24) is 16.0 Å². The van der Waals surface area contributed by atoms with Crippen molar-refractivity contribution in [3.05, 3.63) is 35.9 Å². The number of thioether (sulfide) groups is 1. The summed E-state index contributed by atoms with van der Waals surface area (Å²) >= 11 is 1.42. The van der Waals surface area contributed by atoms with Crippen molar-refractivity contribution in [2.24, 2.45) is 11.5 Å². The van der Waals surface area contributed by atoms with Gasteiger partial charge in [-0.05, 0) is 36.8 Å². The van der Waals surface area contributed by atoms with E-state index in [0.29, 0.717) is 11.3 Å². The fourth-order valence-corrected chi connectivity index (χ4v) is 3.81. The zero-order valence-corrected chi connectivity index (χ0v) is 21.9. The summed E-state index contributed by atoms with van der Waals surface area (Å²) in [7, 11) is 0. The molecule has 0 aliphatic rings. The Balaban J connectivity index is 3.08. The van der Waals surface area contributed by atoms with Gasteiger partial charge in [0, 0.05) is 19.3 Å². The van der Waals surface area contributed by atoms with Gasteiger partial charge >= 0.3 is 11.9 Å². The highest BCUT2D eigenvalue weighted by Crippen LogP contribution is 2.08. The average molecular weight is 554 g/mol. The summed E-state index contributed by atoms with van der Waals surface area (Å²) in [6.07, 6.45) is 1.07. The first-order chi connectivity index (χ1) is 17.9. The van der Waals surface area contributed by atoms with E-state index in [1.54, 1.807) is 36.6 Å². The summed E-state index contributed by atoms with van der Waals surface area (Å²) < 4.78 is 0. The highest BCUT2D eigenvalue weighted by atomic mass is 32.2.